The fourth-order valence-electron chi connectivity index (χ4n) is 3.80. The third-order valence-corrected chi connectivity index (χ3v) is 5.39. The van der Waals surface area contributed by atoms with Gasteiger partial charge in [0.25, 0.3) is 5.91 Å². The standard InChI is InChI=1S/C21H26N6O2/c1-25(2)11-12-27-18-13-16(3-4-17(18)24-21(27)29)20(28)26-10-9-23-14-19(26)15-5-7-22-8-6-15/h3-8,13,19,23H,9-12,14H2,1-2H3,(H,24,29). The number of rotatable bonds is 5. The van der Waals surface area contributed by atoms with Crippen molar-refractivity contribution in [3.05, 3.63) is 64.3 Å². The number of carbonyl (C=O) groups is 1. The van der Waals surface area contributed by atoms with Crippen LogP contribution in [0.4, 0.5) is 0 Å². The van der Waals surface area contributed by atoms with E-state index in [1.807, 2.05) is 48.2 Å². The summed E-state index contributed by atoms with van der Waals surface area (Å²) in [5, 5.41) is 3.37. The van der Waals surface area contributed by atoms with Crippen LogP contribution in [0.25, 0.3) is 11.0 Å². The Labute approximate surface area is 169 Å². The molecule has 1 amide bonds. The number of hydrogen-bond acceptors (Lipinski definition) is 5. The zero-order valence-electron chi connectivity index (χ0n) is 16.8. The predicted octanol–water partition coefficient (Wildman–Crippen LogP) is 1.07. The van der Waals surface area contributed by atoms with Gasteiger partial charge < -0.3 is 20.1 Å². The van der Waals surface area contributed by atoms with E-state index in [2.05, 4.69) is 15.3 Å². The number of imidazole rings is 1. The minimum absolute atomic E-state index is 0.0250. The molecule has 1 atom stereocenters. The summed E-state index contributed by atoms with van der Waals surface area (Å²) in [6, 6.07) is 9.30. The lowest BCUT2D eigenvalue weighted by Crippen LogP contribution is -2.48. The molecular weight excluding hydrogens is 368 g/mol. The van der Waals surface area contributed by atoms with Crippen LogP contribution in [0, 0.1) is 0 Å². The van der Waals surface area contributed by atoms with Gasteiger partial charge in [0.05, 0.1) is 17.1 Å². The number of benzene rings is 1. The molecule has 4 rings (SSSR count). The number of hydrogen-bond donors (Lipinski definition) is 2. The highest BCUT2D eigenvalue weighted by molar-refractivity contribution is 5.97. The molecule has 1 aliphatic heterocycles. The van der Waals surface area contributed by atoms with E-state index in [0.29, 0.717) is 25.2 Å². The summed E-state index contributed by atoms with van der Waals surface area (Å²) in [6.07, 6.45) is 3.50. The maximum Gasteiger partial charge on any atom is 0.326 e. The number of likely N-dealkylation sites (N-methyl/N-ethyl adjacent to an activating group) is 1. The van der Waals surface area contributed by atoms with E-state index in [4.69, 9.17) is 0 Å². The van der Waals surface area contributed by atoms with Crippen LogP contribution < -0.4 is 11.0 Å². The van der Waals surface area contributed by atoms with Crippen molar-refractivity contribution in [3.8, 4) is 0 Å². The number of amides is 1. The quantitative estimate of drug-likeness (QED) is 0.676. The first-order valence-corrected chi connectivity index (χ1v) is 9.83. The second kappa shape index (κ2) is 8.18. The normalized spacial score (nSPS) is 17.2. The first kappa shape index (κ1) is 19.4. The van der Waals surface area contributed by atoms with E-state index in [1.165, 1.54) is 0 Å². The van der Waals surface area contributed by atoms with E-state index in [-0.39, 0.29) is 17.6 Å². The second-order valence-electron chi connectivity index (χ2n) is 7.62. The Bertz CT molecular complexity index is 1060. The maximum atomic E-state index is 13.4. The highest BCUT2D eigenvalue weighted by Crippen LogP contribution is 2.24. The van der Waals surface area contributed by atoms with Crippen LogP contribution in [-0.4, -0.2) is 70.5 Å². The van der Waals surface area contributed by atoms with Gasteiger partial charge in [-0.25, -0.2) is 4.79 Å². The summed E-state index contributed by atoms with van der Waals surface area (Å²) >= 11 is 0. The lowest BCUT2D eigenvalue weighted by atomic mass is 10.0. The molecule has 2 N–H and O–H groups in total. The highest BCUT2D eigenvalue weighted by atomic mass is 16.2. The van der Waals surface area contributed by atoms with Crippen molar-refractivity contribution in [1.82, 2.24) is 29.7 Å². The van der Waals surface area contributed by atoms with Gasteiger partial charge in [-0.3, -0.25) is 14.3 Å². The van der Waals surface area contributed by atoms with Gasteiger partial charge in [0.2, 0.25) is 0 Å². The van der Waals surface area contributed by atoms with Crippen LogP contribution in [0.5, 0.6) is 0 Å². The zero-order chi connectivity index (χ0) is 20.4. The Morgan fingerprint density at radius 1 is 1.24 bits per heavy atom. The smallest absolute Gasteiger partial charge is 0.326 e. The van der Waals surface area contributed by atoms with Crippen LogP contribution in [0.15, 0.2) is 47.5 Å². The van der Waals surface area contributed by atoms with Crippen molar-refractivity contribution in [3.63, 3.8) is 0 Å². The predicted molar refractivity (Wildman–Crippen MR) is 112 cm³/mol. The largest absolute Gasteiger partial charge is 0.329 e. The summed E-state index contributed by atoms with van der Waals surface area (Å²) in [5.74, 6) is -0.0250. The van der Waals surface area contributed by atoms with Crippen molar-refractivity contribution in [2.45, 2.75) is 12.6 Å². The fraction of sp³-hybridized carbons (Fsp3) is 0.381. The molecule has 1 aliphatic rings. The molecule has 3 aromatic rings. The lowest BCUT2D eigenvalue weighted by molar-refractivity contribution is 0.0634. The zero-order valence-corrected chi connectivity index (χ0v) is 16.8. The molecule has 1 aromatic carbocycles. The van der Waals surface area contributed by atoms with Crippen LogP contribution >= 0.6 is 0 Å². The summed E-state index contributed by atoms with van der Waals surface area (Å²) in [5.41, 5.74) is 3.01. The molecule has 2 aromatic heterocycles. The van der Waals surface area contributed by atoms with E-state index < -0.39 is 0 Å². The molecule has 29 heavy (non-hydrogen) atoms. The molecule has 1 fully saturated rings. The number of aromatic nitrogens is 3. The third-order valence-electron chi connectivity index (χ3n) is 5.39. The van der Waals surface area contributed by atoms with Crippen molar-refractivity contribution < 1.29 is 4.79 Å². The van der Waals surface area contributed by atoms with E-state index >= 15 is 0 Å². The first-order chi connectivity index (χ1) is 14.0. The summed E-state index contributed by atoms with van der Waals surface area (Å²) in [7, 11) is 3.94. The number of carbonyl (C=O) groups excluding carboxylic acids is 1. The Hall–Kier alpha value is -2.97. The van der Waals surface area contributed by atoms with Gasteiger partial charge in [-0.05, 0) is 50.0 Å². The van der Waals surface area contributed by atoms with Crippen molar-refractivity contribution in [2.75, 3.05) is 40.3 Å². The molecule has 0 radical (unpaired) electrons. The summed E-state index contributed by atoms with van der Waals surface area (Å²) in [6.45, 7) is 3.40. The van der Waals surface area contributed by atoms with Gasteiger partial charge in [0.1, 0.15) is 0 Å². The number of pyridine rings is 1. The molecule has 8 nitrogen and oxygen atoms in total. The van der Waals surface area contributed by atoms with E-state index in [0.717, 1.165) is 29.7 Å². The molecule has 0 saturated carbocycles. The first-order valence-electron chi connectivity index (χ1n) is 9.83. The molecule has 0 bridgehead atoms. The van der Waals surface area contributed by atoms with Crippen LogP contribution in [0.2, 0.25) is 0 Å². The molecule has 8 heteroatoms. The molecule has 0 spiro atoms. The minimum atomic E-state index is -0.150. The molecule has 1 saturated heterocycles. The highest BCUT2D eigenvalue weighted by Gasteiger charge is 2.29. The SMILES string of the molecule is CN(C)CCn1c(=O)[nH]c2ccc(C(=O)N3CCNCC3c3ccncc3)cc21. The average Bonchev–Trinajstić information content (AvgIpc) is 3.06. The van der Waals surface area contributed by atoms with Gasteiger partial charge >= 0.3 is 5.69 Å². The van der Waals surface area contributed by atoms with Crippen LogP contribution in [-0.2, 0) is 6.54 Å². The van der Waals surface area contributed by atoms with Crippen LogP contribution in [0.1, 0.15) is 22.0 Å². The molecular formula is C21H26N6O2. The Kier molecular flexibility index (Phi) is 5.46. The number of aromatic amines is 1. The monoisotopic (exact) mass is 394 g/mol. The van der Waals surface area contributed by atoms with E-state index in [1.54, 1.807) is 23.0 Å². The Morgan fingerprint density at radius 2 is 2.03 bits per heavy atom. The van der Waals surface area contributed by atoms with Gasteiger partial charge in [0, 0.05) is 50.7 Å². The topological polar surface area (TPSA) is 86.3 Å². The maximum absolute atomic E-state index is 13.4. The molecule has 3 heterocycles. The van der Waals surface area contributed by atoms with Crippen molar-refractivity contribution in [1.29, 1.82) is 0 Å². The van der Waals surface area contributed by atoms with Crippen molar-refractivity contribution in [2.24, 2.45) is 0 Å². The average molecular weight is 394 g/mol. The second-order valence-corrected chi connectivity index (χ2v) is 7.62. The Balaban J connectivity index is 1.67. The van der Waals surface area contributed by atoms with Gasteiger partial charge in [-0.2, -0.15) is 0 Å². The number of nitrogens with one attached hydrogen (secondary N) is 2. The number of piperazine rings is 1. The third kappa shape index (κ3) is 3.94. The number of fused-ring (bicyclic) bond motifs is 1. The summed E-state index contributed by atoms with van der Waals surface area (Å²) in [4.78, 5) is 36.6. The van der Waals surface area contributed by atoms with Gasteiger partial charge in [-0.1, -0.05) is 0 Å². The Morgan fingerprint density at radius 3 is 2.79 bits per heavy atom. The fourth-order valence-corrected chi connectivity index (χ4v) is 3.80. The lowest BCUT2D eigenvalue weighted by Gasteiger charge is -2.36. The van der Waals surface area contributed by atoms with E-state index in [9.17, 15) is 9.59 Å². The van der Waals surface area contributed by atoms with Crippen LogP contribution in [0.3, 0.4) is 0 Å². The summed E-state index contributed by atoms with van der Waals surface area (Å²) < 4.78 is 1.70. The number of nitrogens with zero attached hydrogens (tertiary/aromatic N) is 4. The van der Waals surface area contributed by atoms with Gasteiger partial charge in [-0.15, -0.1) is 0 Å². The molecule has 152 valence electrons. The molecule has 0 aliphatic carbocycles. The number of H-pyrrole nitrogens is 1. The minimum Gasteiger partial charge on any atom is -0.329 e. The van der Waals surface area contributed by atoms with Crippen molar-refractivity contribution >= 4 is 16.9 Å². The van der Waals surface area contributed by atoms with Gasteiger partial charge in [0.15, 0.2) is 0 Å². The molecule has 1 unspecified atom stereocenters.